The number of halogens is 3. The van der Waals surface area contributed by atoms with E-state index in [0.717, 1.165) is 6.07 Å². The summed E-state index contributed by atoms with van der Waals surface area (Å²) >= 11 is 1.26. The van der Waals surface area contributed by atoms with E-state index in [1.54, 1.807) is 35.8 Å². The first kappa shape index (κ1) is 23.3. The first-order chi connectivity index (χ1) is 16.7. The fourth-order valence-corrected chi connectivity index (χ4v) is 4.88. The molecule has 0 bridgehead atoms. The van der Waals surface area contributed by atoms with Crippen molar-refractivity contribution in [1.82, 2.24) is 15.0 Å². The number of nitrogens with one attached hydrogen (secondary N) is 2. The number of alkyl halides is 3. The van der Waals surface area contributed by atoms with Crippen molar-refractivity contribution in [2.75, 3.05) is 23.3 Å². The third kappa shape index (κ3) is 4.73. The van der Waals surface area contributed by atoms with Crippen molar-refractivity contribution in [3.63, 3.8) is 0 Å². The Bertz CT molecular complexity index is 1360. The van der Waals surface area contributed by atoms with Crippen molar-refractivity contribution in [2.24, 2.45) is 0 Å². The number of H-pyrrole nitrogens is 1. The van der Waals surface area contributed by atoms with Gasteiger partial charge in [0.25, 0.3) is 5.91 Å². The maximum absolute atomic E-state index is 14.2. The molecular formula is C24H22F3N5O2S. The van der Waals surface area contributed by atoms with Crippen molar-refractivity contribution in [3.05, 3.63) is 59.1 Å². The number of amides is 1. The molecule has 5 rings (SSSR count). The van der Waals surface area contributed by atoms with Gasteiger partial charge in [-0.25, -0.2) is 9.97 Å². The Morgan fingerprint density at radius 3 is 2.66 bits per heavy atom. The summed E-state index contributed by atoms with van der Waals surface area (Å²) in [6.07, 6.45) is -3.21. The van der Waals surface area contributed by atoms with Gasteiger partial charge in [-0.3, -0.25) is 10.1 Å². The zero-order valence-corrected chi connectivity index (χ0v) is 19.7. The molecule has 7 nitrogen and oxygen atoms in total. The van der Waals surface area contributed by atoms with E-state index in [1.165, 1.54) is 17.4 Å². The summed E-state index contributed by atoms with van der Waals surface area (Å²) in [6.45, 7) is 4.81. The molecule has 1 aliphatic rings. The second kappa shape index (κ2) is 8.97. The molecule has 35 heavy (non-hydrogen) atoms. The van der Waals surface area contributed by atoms with Crippen LogP contribution >= 0.6 is 11.3 Å². The number of ether oxygens (including phenoxy) is 1. The second-order valence-electron chi connectivity index (χ2n) is 8.47. The minimum Gasteiger partial charge on any atom is -0.372 e. The maximum atomic E-state index is 14.2. The Labute approximate surface area is 203 Å². The molecule has 0 spiro atoms. The van der Waals surface area contributed by atoms with E-state index in [-0.39, 0.29) is 34.7 Å². The van der Waals surface area contributed by atoms with Crippen LogP contribution in [-0.2, 0) is 10.9 Å². The predicted octanol–water partition coefficient (Wildman–Crippen LogP) is 5.57. The molecular weight excluding hydrogens is 479 g/mol. The Hall–Kier alpha value is -3.44. The van der Waals surface area contributed by atoms with Gasteiger partial charge in [-0.05, 0) is 44.2 Å². The molecule has 4 aromatic rings. The van der Waals surface area contributed by atoms with Gasteiger partial charge in [0.15, 0.2) is 5.13 Å². The minimum atomic E-state index is -4.60. The molecule has 0 saturated carbocycles. The van der Waals surface area contributed by atoms with Gasteiger partial charge in [0, 0.05) is 35.9 Å². The summed E-state index contributed by atoms with van der Waals surface area (Å²) in [5.74, 6) is -0.400. The van der Waals surface area contributed by atoms with Crippen LogP contribution in [0, 0.1) is 0 Å². The van der Waals surface area contributed by atoms with Crippen molar-refractivity contribution in [1.29, 1.82) is 0 Å². The Kier molecular flexibility index (Phi) is 5.97. The van der Waals surface area contributed by atoms with Crippen LogP contribution in [0.15, 0.2) is 48.0 Å². The number of para-hydroxylation sites is 1. The van der Waals surface area contributed by atoms with E-state index in [0.29, 0.717) is 29.4 Å². The smallest absolute Gasteiger partial charge is 0.372 e. The van der Waals surface area contributed by atoms with Gasteiger partial charge in [0.05, 0.1) is 28.9 Å². The van der Waals surface area contributed by atoms with Gasteiger partial charge in [0.2, 0.25) is 0 Å². The van der Waals surface area contributed by atoms with Crippen LogP contribution < -0.4 is 10.2 Å². The first-order valence-corrected chi connectivity index (χ1v) is 11.9. The maximum Gasteiger partial charge on any atom is 0.417 e. The molecule has 2 N–H and O–H groups in total. The molecule has 3 heterocycles. The first-order valence-electron chi connectivity index (χ1n) is 11.0. The molecule has 2 atom stereocenters. The number of carbonyl (C=O) groups is 1. The van der Waals surface area contributed by atoms with Crippen LogP contribution in [-0.4, -0.2) is 46.2 Å². The molecule has 0 radical (unpaired) electrons. The van der Waals surface area contributed by atoms with Crippen LogP contribution in [0.5, 0.6) is 0 Å². The molecule has 2 aromatic carbocycles. The Morgan fingerprint density at radius 1 is 1.20 bits per heavy atom. The van der Waals surface area contributed by atoms with E-state index in [9.17, 15) is 18.0 Å². The van der Waals surface area contributed by atoms with Crippen molar-refractivity contribution in [2.45, 2.75) is 32.2 Å². The van der Waals surface area contributed by atoms with Gasteiger partial charge in [-0.1, -0.05) is 6.07 Å². The van der Waals surface area contributed by atoms with Gasteiger partial charge >= 0.3 is 6.18 Å². The predicted molar refractivity (Wildman–Crippen MR) is 129 cm³/mol. The summed E-state index contributed by atoms with van der Waals surface area (Å²) in [5.41, 5.74) is 0.571. The highest BCUT2D eigenvalue weighted by Gasteiger charge is 2.36. The number of benzene rings is 2. The van der Waals surface area contributed by atoms with E-state index in [1.807, 2.05) is 18.7 Å². The molecule has 0 aliphatic carbocycles. The Balaban J connectivity index is 1.54. The van der Waals surface area contributed by atoms with Gasteiger partial charge in [-0.15, -0.1) is 11.3 Å². The number of nitrogens with zero attached hydrogens (tertiary/aromatic N) is 3. The summed E-state index contributed by atoms with van der Waals surface area (Å²) < 4.78 is 48.2. The summed E-state index contributed by atoms with van der Waals surface area (Å²) in [6, 6.07) is 9.14. The summed E-state index contributed by atoms with van der Waals surface area (Å²) in [4.78, 5) is 26.1. The third-order valence-corrected chi connectivity index (χ3v) is 6.45. The Morgan fingerprint density at radius 2 is 1.97 bits per heavy atom. The number of rotatable bonds is 4. The van der Waals surface area contributed by atoms with Crippen LogP contribution in [0.25, 0.3) is 22.4 Å². The number of imidazole rings is 1. The number of carbonyl (C=O) groups excluding carboxylic acids is 1. The highest BCUT2D eigenvalue weighted by atomic mass is 32.1. The fraction of sp³-hybridized carbons (Fsp3) is 0.292. The minimum absolute atomic E-state index is 0.0390. The van der Waals surface area contributed by atoms with Gasteiger partial charge < -0.3 is 14.6 Å². The number of fused-ring (bicyclic) bond motifs is 1. The quantitative estimate of drug-likeness (QED) is 0.382. The van der Waals surface area contributed by atoms with Crippen LogP contribution in [0.2, 0.25) is 0 Å². The highest BCUT2D eigenvalue weighted by Crippen LogP contribution is 2.39. The van der Waals surface area contributed by atoms with Crippen LogP contribution in [0.3, 0.4) is 0 Å². The number of aromatic nitrogens is 3. The fourth-order valence-electron chi connectivity index (χ4n) is 4.35. The SMILES string of the molecule is C[C@@H]1CN(c2ccc(-c3nc4c(C(=O)Nc5nccs5)cccc4[nH]3)c(C(F)(F)F)c2)C[C@H](C)O1. The lowest BCUT2D eigenvalue weighted by atomic mass is 10.0. The summed E-state index contributed by atoms with van der Waals surface area (Å²) in [7, 11) is 0. The molecule has 182 valence electrons. The largest absolute Gasteiger partial charge is 0.417 e. The van der Waals surface area contributed by atoms with Crippen molar-refractivity contribution < 1.29 is 22.7 Å². The van der Waals surface area contributed by atoms with Gasteiger partial charge in [-0.2, -0.15) is 13.2 Å². The standard InChI is InChI=1S/C24H22F3N5O2S/c1-13-11-32(12-14(2)34-13)15-6-7-16(18(10-15)24(25,26)27)21-29-19-5-3-4-17(20(19)30-21)22(33)31-23-28-8-9-35-23/h3-10,13-14H,11-12H2,1-2H3,(H,29,30)(H,28,31,33)/t13-,14+. The van der Waals surface area contributed by atoms with E-state index in [4.69, 9.17) is 4.74 Å². The number of thiazole rings is 1. The highest BCUT2D eigenvalue weighted by molar-refractivity contribution is 7.13. The zero-order chi connectivity index (χ0) is 24.7. The van der Waals surface area contributed by atoms with Crippen molar-refractivity contribution >= 4 is 39.1 Å². The second-order valence-corrected chi connectivity index (χ2v) is 9.36. The van der Waals surface area contributed by atoms with E-state index >= 15 is 0 Å². The van der Waals surface area contributed by atoms with E-state index < -0.39 is 17.6 Å². The van der Waals surface area contributed by atoms with Gasteiger partial charge in [0.1, 0.15) is 11.3 Å². The average molecular weight is 502 g/mol. The summed E-state index contributed by atoms with van der Waals surface area (Å²) in [5, 5.41) is 4.83. The number of hydrogen-bond donors (Lipinski definition) is 2. The molecule has 2 aromatic heterocycles. The normalized spacial score (nSPS) is 18.7. The molecule has 1 aliphatic heterocycles. The van der Waals surface area contributed by atoms with Crippen molar-refractivity contribution in [3.8, 4) is 11.4 Å². The molecule has 1 fully saturated rings. The number of anilines is 2. The number of aromatic amines is 1. The monoisotopic (exact) mass is 501 g/mol. The topological polar surface area (TPSA) is 83.1 Å². The molecule has 1 amide bonds. The molecule has 11 heteroatoms. The third-order valence-electron chi connectivity index (χ3n) is 5.76. The lowest BCUT2D eigenvalue weighted by Gasteiger charge is -2.37. The van der Waals surface area contributed by atoms with Crippen LogP contribution in [0.1, 0.15) is 29.8 Å². The lowest BCUT2D eigenvalue weighted by molar-refractivity contribution is -0.137. The number of hydrogen-bond acceptors (Lipinski definition) is 6. The zero-order valence-electron chi connectivity index (χ0n) is 18.9. The number of morpholine rings is 1. The molecule has 1 saturated heterocycles. The lowest BCUT2D eigenvalue weighted by Crippen LogP contribution is -2.45. The average Bonchev–Trinajstić information content (AvgIpc) is 3.47. The molecule has 0 unspecified atom stereocenters. The van der Waals surface area contributed by atoms with Crippen LogP contribution in [0.4, 0.5) is 24.0 Å². The van der Waals surface area contributed by atoms with E-state index in [2.05, 4.69) is 20.3 Å².